The van der Waals surface area contributed by atoms with Gasteiger partial charge in [-0.1, -0.05) is 111 Å². The van der Waals surface area contributed by atoms with Crippen LogP contribution < -0.4 is 10.6 Å². The Kier molecular flexibility index (Phi) is 14.6. The summed E-state index contributed by atoms with van der Waals surface area (Å²) in [5, 5.41) is 6.12. The van der Waals surface area contributed by atoms with E-state index in [1.165, 1.54) is 60.1 Å². The van der Waals surface area contributed by atoms with E-state index < -0.39 is 0 Å². The maximum atomic E-state index is 12.8. The van der Waals surface area contributed by atoms with Crippen molar-refractivity contribution in [2.75, 3.05) is 13.1 Å². The summed E-state index contributed by atoms with van der Waals surface area (Å²) >= 11 is 0. The zero-order valence-corrected chi connectivity index (χ0v) is 22.4. The predicted octanol–water partition coefficient (Wildman–Crippen LogP) is 7.89. The number of benzene rings is 2. The third-order valence-corrected chi connectivity index (χ3v) is 8.10. The van der Waals surface area contributed by atoms with Crippen molar-refractivity contribution in [1.29, 1.82) is 0 Å². The van der Waals surface area contributed by atoms with Gasteiger partial charge in [0, 0.05) is 22.9 Å². The number of carbonyl (C=O) groups is 2. The van der Waals surface area contributed by atoms with Gasteiger partial charge in [-0.2, -0.15) is 0 Å². The largest absolute Gasteiger partial charge is 0.352 e. The highest BCUT2D eigenvalue weighted by molar-refractivity contribution is 8.76. The molecule has 2 aromatic carbocycles. The van der Waals surface area contributed by atoms with Gasteiger partial charge in [-0.3, -0.25) is 9.59 Å². The Labute approximate surface area is 213 Å². The van der Waals surface area contributed by atoms with Crippen molar-refractivity contribution in [3.8, 4) is 0 Å². The van der Waals surface area contributed by atoms with Gasteiger partial charge in [0.25, 0.3) is 11.8 Å². The van der Waals surface area contributed by atoms with Crippen LogP contribution >= 0.6 is 21.6 Å². The minimum atomic E-state index is -0.0340. The third kappa shape index (κ3) is 10.6. The smallest absolute Gasteiger partial charge is 0.252 e. The number of carbonyl (C=O) groups excluding carboxylic acids is 2. The van der Waals surface area contributed by atoms with E-state index in [1.807, 2.05) is 48.5 Å². The maximum absolute atomic E-state index is 12.8. The molecule has 0 radical (unpaired) electrons. The van der Waals surface area contributed by atoms with Crippen molar-refractivity contribution < 1.29 is 9.59 Å². The standard InChI is InChI=1S/C28H40N2O2S2/c1-3-5-7-9-15-21-29-27(31)23-17-11-13-19-25(23)33-34-26-20-14-12-18-24(26)28(32)30-22-16-10-8-6-4-2/h11-14,17-20H,3-10,15-16,21-22H2,1-2H3,(H,29,31)(H,30,32). The van der Waals surface area contributed by atoms with Crippen LogP contribution in [0.25, 0.3) is 0 Å². The van der Waals surface area contributed by atoms with Gasteiger partial charge < -0.3 is 10.6 Å². The van der Waals surface area contributed by atoms with E-state index in [2.05, 4.69) is 24.5 Å². The van der Waals surface area contributed by atoms with Crippen LogP contribution in [0.2, 0.25) is 0 Å². The first-order valence-electron chi connectivity index (χ1n) is 12.8. The number of unbranched alkanes of at least 4 members (excludes halogenated alkanes) is 8. The fourth-order valence-corrected chi connectivity index (χ4v) is 5.95. The molecule has 6 heteroatoms. The Hall–Kier alpha value is -1.92. The Morgan fingerprint density at radius 1 is 0.588 bits per heavy atom. The van der Waals surface area contributed by atoms with Crippen molar-refractivity contribution in [2.24, 2.45) is 0 Å². The van der Waals surface area contributed by atoms with Crippen LogP contribution in [0.1, 0.15) is 98.8 Å². The fourth-order valence-electron chi connectivity index (χ4n) is 3.59. The summed E-state index contributed by atoms with van der Waals surface area (Å²) in [4.78, 5) is 27.3. The monoisotopic (exact) mass is 500 g/mol. The van der Waals surface area contributed by atoms with Crippen molar-refractivity contribution in [2.45, 2.75) is 87.8 Å². The van der Waals surface area contributed by atoms with Gasteiger partial charge in [-0.15, -0.1) is 0 Å². The lowest BCUT2D eigenvalue weighted by molar-refractivity contribution is 0.0941. The summed E-state index contributed by atoms with van der Waals surface area (Å²) in [5.74, 6) is -0.0680. The lowest BCUT2D eigenvalue weighted by Gasteiger charge is -2.12. The molecule has 0 heterocycles. The maximum Gasteiger partial charge on any atom is 0.252 e. The first-order chi connectivity index (χ1) is 16.7. The topological polar surface area (TPSA) is 58.2 Å². The molecule has 0 bridgehead atoms. The van der Waals surface area contributed by atoms with E-state index in [9.17, 15) is 9.59 Å². The molecule has 0 saturated heterocycles. The minimum absolute atomic E-state index is 0.0340. The van der Waals surface area contributed by atoms with Gasteiger partial charge in [0.05, 0.1) is 11.1 Å². The lowest BCUT2D eigenvalue weighted by Crippen LogP contribution is -2.25. The number of rotatable bonds is 17. The molecule has 0 aliphatic heterocycles. The van der Waals surface area contributed by atoms with Crippen LogP contribution in [0.3, 0.4) is 0 Å². The van der Waals surface area contributed by atoms with E-state index >= 15 is 0 Å². The second-order valence-electron chi connectivity index (χ2n) is 8.50. The number of amides is 2. The highest BCUT2D eigenvalue weighted by atomic mass is 33.1. The Balaban J connectivity index is 1.90. The molecule has 4 nitrogen and oxygen atoms in total. The van der Waals surface area contributed by atoms with Crippen LogP contribution in [0, 0.1) is 0 Å². The molecule has 0 atom stereocenters. The number of nitrogens with one attached hydrogen (secondary N) is 2. The molecule has 2 rings (SSSR count). The summed E-state index contributed by atoms with van der Waals surface area (Å²) in [6.45, 7) is 5.82. The van der Waals surface area contributed by atoms with Crippen molar-refractivity contribution in [1.82, 2.24) is 10.6 Å². The van der Waals surface area contributed by atoms with Gasteiger partial charge in [0.15, 0.2) is 0 Å². The van der Waals surface area contributed by atoms with Gasteiger partial charge in [0.2, 0.25) is 0 Å². The number of hydrogen-bond acceptors (Lipinski definition) is 4. The first kappa shape index (κ1) is 28.3. The molecule has 0 unspecified atom stereocenters. The quantitative estimate of drug-likeness (QED) is 0.171. The average Bonchev–Trinajstić information content (AvgIpc) is 2.87. The van der Waals surface area contributed by atoms with E-state index in [4.69, 9.17) is 0 Å². The molecular formula is C28H40N2O2S2. The molecule has 0 aromatic heterocycles. The van der Waals surface area contributed by atoms with Crippen molar-refractivity contribution in [3.63, 3.8) is 0 Å². The molecule has 0 aliphatic carbocycles. The summed E-state index contributed by atoms with van der Waals surface area (Å²) in [5.41, 5.74) is 1.37. The fraction of sp³-hybridized carbons (Fsp3) is 0.500. The van der Waals surface area contributed by atoms with Crippen LogP contribution in [0.4, 0.5) is 0 Å². The molecule has 2 aromatic rings. The molecule has 2 N–H and O–H groups in total. The lowest BCUT2D eigenvalue weighted by atomic mass is 10.1. The molecule has 0 spiro atoms. The zero-order chi connectivity index (χ0) is 24.4. The normalized spacial score (nSPS) is 10.8. The van der Waals surface area contributed by atoms with Crippen LogP contribution in [-0.2, 0) is 0 Å². The second-order valence-corrected chi connectivity index (χ2v) is 10.7. The zero-order valence-electron chi connectivity index (χ0n) is 20.7. The molecule has 34 heavy (non-hydrogen) atoms. The van der Waals surface area contributed by atoms with Gasteiger partial charge in [0.1, 0.15) is 0 Å². The van der Waals surface area contributed by atoms with Crippen LogP contribution in [0.5, 0.6) is 0 Å². The predicted molar refractivity (Wildman–Crippen MR) is 147 cm³/mol. The van der Waals surface area contributed by atoms with E-state index in [0.717, 1.165) is 35.5 Å². The van der Waals surface area contributed by atoms with Gasteiger partial charge >= 0.3 is 0 Å². The highest BCUT2D eigenvalue weighted by Crippen LogP contribution is 2.40. The van der Waals surface area contributed by atoms with Gasteiger partial charge in [-0.05, 0) is 37.1 Å². The summed E-state index contributed by atoms with van der Waals surface area (Å²) in [7, 11) is 3.05. The third-order valence-electron chi connectivity index (χ3n) is 5.62. The first-order valence-corrected chi connectivity index (χ1v) is 14.9. The van der Waals surface area contributed by atoms with Crippen molar-refractivity contribution in [3.05, 3.63) is 59.7 Å². The Bertz CT molecular complexity index is 801. The summed E-state index contributed by atoms with van der Waals surface area (Å²) < 4.78 is 0. The summed E-state index contributed by atoms with van der Waals surface area (Å²) in [6, 6.07) is 15.3. The van der Waals surface area contributed by atoms with Gasteiger partial charge in [-0.25, -0.2) is 0 Å². The van der Waals surface area contributed by atoms with Crippen molar-refractivity contribution >= 4 is 33.4 Å². The minimum Gasteiger partial charge on any atom is -0.352 e. The molecular weight excluding hydrogens is 460 g/mol. The molecule has 0 saturated carbocycles. The number of hydrogen-bond donors (Lipinski definition) is 2. The van der Waals surface area contributed by atoms with E-state index in [-0.39, 0.29) is 11.8 Å². The van der Waals surface area contributed by atoms with E-state index in [0.29, 0.717) is 24.2 Å². The summed E-state index contributed by atoms with van der Waals surface area (Å²) in [6.07, 6.45) is 11.7. The van der Waals surface area contributed by atoms with Crippen LogP contribution in [-0.4, -0.2) is 24.9 Å². The van der Waals surface area contributed by atoms with Crippen LogP contribution in [0.15, 0.2) is 58.3 Å². The molecule has 0 fully saturated rings. The highest BCUT2D eigenvalue weighted by Gasteiger charge is 2.15. The Morgan fingerprint density at radius 2 is 0.971 bits per heavy atom. The molecule has 2 amide bonds. The Morgan fingerprint density at radius 3 is 1.38 bits per heavy atom. The molecule has 186 valence electrons. The SMILES string of the molecule is CCCCCCCNC(=O)c1ccccc1SSc1ccccc1C(=O)NCCCCCCC. The average molecular weight is 501 g/mol. The second kappa shape index (κ2) is 17.5. The van der Waals surface area contributed by atoms with E-state index in [1.54, 1.807) is 0 Å². The molecule has 0 aliphatic rings.